The smallest absolute Gasteiger partial charge is 0.138 e. The van der Waals surface area contributed by atoms with E-state index in [0.717, 1.165) is 57.0 Å². The first kappa shape index (κ1) is 21.9. The third kappa shape index (κ3) is 4.42. The summed E-state index contributed by atoms with van der Waals surface area (Å²) in [6, 6.07) is 13.0. The van der Waals surface area contributed by atoms with Gasteiger partial charge in [0.1, 0.15) is 11.6 Å². The van der Waals surface area contributed by atoms with Crippen molar-refractivity contribution in [2.75, 3.05) is 26.7 Å². The van der Waals surface area contributed by atoms with Gasteiger partial charge in [0.25, 0.3) is 0 Å². The molecule has 2 aromatic heterocycles. The van der Waals surface area contributed by atoms with Gasteiger partial charge in [0, 0.05) is 17.6 Å². The number of fused-ring (bicyclic) bond motifs is 2. The van der Waals surface area contributed by atoms with Crippen LogP contribution in [0.25, 0.3) is 39.0 Å². The second-order valence-corrected chi connectivity index (χ2v) is 9.55. The lowest BCUT2D eigenvalue weighted by atomic mass is 9.89. The van der Waals surface area contributed by atoms with E-state index in [1.807, 2.05) is 13.0 Å². The fourth-order valence-electron chi connectivity index (χ4n) is 5.11. The Labute approximate surface area is 205 Å². The van der Waals surface area contributed by atoms with Gasteiger partial charge in [-0.2, -0.15) is 0 Å². The van der Waals surface area contributed by atoms with Gasteiger partial charge in [-0.05, 0) is 93.9 Å². The maximum atomic E-state index is 5.66. The van der Waals surface area contributed by atoms with Gasteiger partial charge >= 0.3 is 0 Å². The second kappa shape index (κ2) is 9.19. The van der Waals surface area contributed by atoms with Crippen molar-refractivity contribution in [3.8, 4) is 11.4 Å². The Morgan fingerprint density at radius 2 is 1.69 bits per heavy atom. The number of nitrogens with zero attached hydrogens (tertiary/aromatic N) is 3. The van der Waals surface area contributed by atoms with Crippen LogP contribution >= 0.6 is 0 Å². The lowest BCUT2D eigenvalue weighted by Crippen LogP contribution is -2.29. The molecule has 6 nitrogen and oxygen atoms in total. The zero-order valence-electron chi connectivity index (χ0n) is 20.3. The van der Waals surface area contributed by atoms with Crippen molar-refractivity contribution >= 4 is 27.6 Å². The number of benzene rings is 2. The molecule has 2 aromatic carbocycles. The lowest BCUT2D eigenvalue weighted by molar-refractivity contribution is 0.224. The summed E-state index contributed by atoms with van der Waals surface area (Å²) < 4.78 is 5.66. The van der Waals surface area contributed by atoms with E-state index in [1.165, 1.54) is 31.5 Å². The number of hydrogen-bond acceptors (Lipinski definition) is 4. The van der Waals surface area contributed by atoms with Crippen LogP contribution in [0.5, 0.6) is 0 Å². The number of aromatic amines is 2. The largest absolute Gasteiger partial charge is 0.498 e. The first-order chi connectivity index (χ1) is 17.2. The van der Waals surface area contributed by atoms with Crippen LogP contribution in [0.1, 0.15) is 43.5 Å². The van der Waals surface area contributed by atoms with Gasteiger partial charge in [0.05, 0.1) is 34.4 Å². The Morgan fingerprint density at radius 3 is 2.51 bits per heavy atom. The average Bonchev–Trinajstić information content (AvgIpc) is 3.42. The van der Waals surface area contributed by atoms with Crippen molar-refractivity contribution in [1.29, 1.82) is 0 Å². The molecule has 3 heterocycles. The molecular weight excluding hydrogens is 434 g/mol. The van der Waals surface area contributed by atoms with E-state index >= 15 is 0 Å². The van der Waals surface area contributed by atoms with Crippen molar-refractivity contribution in [2.24, 2.45) is 0 Å². The Bertz CT molecular complexity index is 1460. The molecule has 178 valence electrons. The Hall–Kier alpha value is -3.64. The first-order valence-electron chi connectivity index (χ1n) is 12.5. The summed E-state index contributed by atoms with van der Waals surface area (Å²) in [6.07, 6.45) is 11.5. The highest BCUT2D eigenvalue weighted by atomic mass is 16.5. The average molecular weight is 466 g/mol. The lowest BCUT2D eigenvalue weighted by Gasteiger charge is -2.29. The van der Waals surface area contributed by atoms with Gasteiger partial charge < -0.3 is 19.6 Å². The third-order valence-electron chi connectivity index (χ3n) is 7.12. The SMILES string of the molecule is CCOC1=CC=C(c2nc3ccc(-c4nc5ccc(C6CCN(C)CC6)cc5[nH]4)cc3[nH]2)C=CC1. The molecule has 1 fully saturated rings. The third-order valence-corrected chi connectivity index (χ3v) is 7.12. The number of imidazole rings is 2. The summed E-state index contributed by atoms with van der Waals surface area (Å²) in [4.78, 5) is 19.2. The van der Waals surface area contributed by atoms with Crippen LogP contribution in [0, 0.1) is 0 Å². The van der Waals surface area contributed by atoms with Crippen molar-refractivity contribution in [1.82, 2.24) is 24.8 Å². The summed E-state index contributed by atoms with van der Waals surface area (Å²) in [6.45, 7) is 5.02. The van der Waals surface area contributed by atoms with Crippen LogP contribution < -0.4 is 0 Å². The van der Waals surface area contributed by atoms with E-state index in [0.29, 0.717) is 12.5 Å². The van der Waals surface area contributed by atoms with E-state index in [4.69, 9.17) is 14.7 Å². The standard InChI is InChI=1S/C29H31N5O/c1-3-35-23-6-4-5-20(7-10-23)28-30-25-12-9-22(18-27(25)32-28)29-31-24-11-8-21(17-26(24)33-29)19-13-15-34(2)16-14-19/h4-5,7-12,17-19H,3,6,13-16H2,1-2H3,(H,30,32)(H,31,33). The fourth-order valence-corrected chi connectivity index (χ4v) is 5.11. The molecule has 0 amide bonds. The molecule has 4 aromatic rings. The molecule has 2 N–H and O–H groups in total. The maximum Gasteiger partial charge on any atom is 0.138 e. The number of piperidine rings is 1. The molecular formula is C29H31N5O. The monoisotopic (exact) mass is 465 g/mol. The number of H-pyrrole nitrogens is 2. The first-order valence-corrected chi connectivity index (χ1v) is 12.5. The molecule has 0 atom stereocenters. The number of ether oxygens (including phenoxy) is 1. The van der Waals surface area contributed by atoms with Crippen LogP contribution in [0.2, 0.25) is 0 Å². The molecule has 0 radical (unpaired) electrons. The number of hydrogen-bond donors (Lipinski definition) is 2. The van der Waals surface area contributed by atoms with E-state index in [1.54, 1.807) is 0 Å². The molecule has 1 aliphatic carbocycles. The number of allylic oxidation sites excluding steroid dienone is 5. The van der Waals surface area contributed by atoms with Crippen LogP contribution in [-0.2, 0) is 4.74 Å². The van der Waals surface area contributed by atoms with E-state index < -0.39 is 0 Å². The van der Waals surface area contributed by atoms with Gasteiger partial charge in [-0.15, -0.1) is 0 Å². The van der Waals surface area contributed by atoms with Crippen molar-refractivity contribution in [3.05, 3.63) is 77.8 Å². The Morgan fingerprint density at radius 1 is 0.943 bits per heavy atom. The number of nitrogens with one attached hydrogen (secondary N) is 2. The highest BCUT2D eigenvalue weighted by molar-refractivity contribution is 5.86. The number of aromatic nitrogens is 4. The minimum absolute atomic E-state index is 0.633. The van der Waals surface area contributed by atoms with Gasteiger partial charge in [0.2, 0.25) is 0 Å². The number of rotatable bonds is 5. The van der Waals surface area contributed by atoms with Gasteiger partial charge in [-0.3, -0.25) is 0 Å². The Balaban J connectivity index is 1.28. The van der Waals surface area contributed by atoms with Crippen molar-refractivity contribution < 1.29 is 4.74 Å². The molecule has 1 aliphatic heterocycles. The summed E-state index contributed by atoms with van der Waals surface area (Å²) in [7, 11) is 2.21. The summed E-state index contributed by atoms with van der Waals surface area (Å²) in [5.41, 5.74) is 7.56. The molecule has 0 saturated carbocycles. The van der Waals surface area contributed by atoms with Gasteiger partial charge in [-0.25, -0.2) is 9.97 Å². The molecule has 1 saturated heterocycles. The van der Waals surface area contributed by atoms with Crippen molar-refractivity contribution in [2.45, 2.75) is 32.1 Å². The quantitative estimate of drug-likeness (QED) is 0.369. The maximum absolute atomic E-state index is 5.66. The van der Waals surface area contributed by atoms with Crippen LogP contribution in [0.4, 0.5) is 0 Å². The molecule has 0 spiro atoms. The van der Waals surface area contributed by atoms with Crippen LogP contribution in [-0.4, -0.2) is 51.6 Å². The van der Waals surface area contributed by atoms with Gasteiger partial charge in [0.15, 0.2) is 0 Å². The summed E-state index contributed by atoms with van der Waals surface area (Å²) in [5.74, 6) is 3.35. The molecule has 6 rings (SSSR count). The van der Waals surface area contributed by atoms with Crippen LogP contribution in [0.3, 0.4) is 0 Å². The zero-order valence-corrected chi connectivity index (χ0v) is 20.3. The topological polar surface area (TPSA) is 69.8 Å². The summed E-state index contributed by atoms with van der Waals surface area (Å²) in [5, 5.41) is 0. The zero-order chi connectivity index (χ0) is 23.8. The summed E-state index contributed by atoms with van der Waals surface area (Å²) >= 11 is 0. The predicted molar refractivity (Wildman–Crippen MR) is 142 cm³/mol. The molecule has 35 heavy (non-hydrogen) atoms. The van der Waals surface area contributed by atoms with Crippen molar-refractivity contribution in [3.63, 3.8) is 0 Å². The van der Waals surface area contributed by atoms with E-state index in [9.17, 15) is 0 Å². The predicted octanol–water partition coefficient (Wildman–Crippen LogP) is 6.18. The van der Waals surface area contributed by atoms with E-state index in [-0.39, 0.29) is 0 Å². The molecule has 2 aliphatic rings. The number of likely N-dealkylation sites (tertiary alicyclic amines) is 1. The minimum atomic E-state index is 0.633. The second-order valence-electron chi connectivity index (χ2n) is 9.55. The molecule has 0 bridgehead atoms. The van der Waals surface area contributed by atoms with E-state index in [2.05, 4.69) is 76.5 Å². The molecule has 0 unspecified atom stereocenters. The highest BCUT2D eigenvalue weighted by Crippen LogP contribution is 2.31. The minimum Gasteiger partial charge on any atom is -0.498 e. The Kier molecular flexibility index (Phi) is 5.74. The molecule has 6 heteroatoms. The normalized spacial score (nSPS) is 17.5. The van der Waals surface area contributed by atoms with Gasteiger partial charge in [-0.1, -0.05) is 18.2 Å². The van der Waals surface area contributed by atoms with Crippen LogP contribution in [0.15, 0.2) is 66.5 Å². The fraction of sp³-hybridized carbons (Fsp3) is 0.310. The highest BCUT2D eigenvalue weighted by Gasteiger charge is 2.19.